The highest BCUT2D eigenvalue weighted by Gasteiger charge is 2.37. The first-order valence-corrected chi connectivity index (χ1v) is 7.98. The van der Waals surface area contributed by atoms with Gasteiger partial charge in [-0.05, 0) is 30.5 Å². The normalized spacial score (nSPS) is 27.8. The number of halogens is 1. The molecule has 1 saturated heterocycles. The number of rotatable bonds is 3. The number of nitrogens with zero attached hydrogens (tertiary/aromatic N) is 1. The third kappa shape index (κ3) is 3.39. The molecule has 0 bridgehead atoms. The van der Waals surface area contributed by atoms with E-state index in [9.17, 15) is 9.90 Å². The van der Waals surface area contributed by atoms with Crippen LogP contribution in [-0.4, -0.2) is 41.1 Å². The van der Waals surface area contributed by atoms with Crippen LogP contribution in [0.15, 0.2) is 24.3 Å². The predicted octanol–water partition coefficient (Wildman–Crippen LogP) is 2.12. The number of nitrogens with one attached hydrogen (secondary N) is 1. The number of piperazine rings is 1. The van der Waals surface area contributed by atoms with Gasteiger partial charge in [0.2, 0.25) is 5.91 Å². The monoisotopic (exact) mass is 308 g/mol. The Hall–Kier alpha value is -1.10. The van der Waals surface area contributed by atoms with Crippen LogP contribution >= 0.6 is 11.6 Å². The van der Waals surface area contributed by atoms with Crippen LogP contribution in [0.5, 0.6) is 0 Å². The third-order valence-corrected chi connectivity index (χ3v) is 4.77. The number of carbonyl (C=O) groups excluding carboxylic acids is 1. The zero-order valence-electron chi connectivity index (χ0n) is 12.0. The molecule has 1 aliphatic carbocycles. The molecule has 114 valence electrons. The molecule has 21 heavy (non-hydrogen) atoms. The van der Waals surface area contributed by atoms with E-state index in [1.807, 2.05) is 12.1 Å². The van der Waals surface area contributed by atoms with E-state index in [2.05, 4.69) is 10.2 Å². The van der Waals surface area contributed by atoms with Crippen LogP contribution < -0.4 is 5.32 Å². The standard InChI is InChI=1S/C16H21ClN2O2/c17-12-5-3-4-11(8-12)15(20)9-19-10-16(21)18-13-6-1-2-7-14(13)19/h3-5,8,13-15,20H,1-2,6-7,9-10H2,(H,18,21). The van der Waals surface area contributed by atoms with Gasteiger partial charge in [-0.1, -0.05) is 36.6 Å². The molecule has 1 aromatic rings. The van der Waals surface area contributed by atoms with Gasteiger partial charge in [-0.2, -0.15) is 0 Å². The fraction of sp³-hybridized carbons (Fsp3) is 0.562. The smallest absolute Gasteiger partial charge is 0.234 e. The zero-order chi connectivity index (χ0) is 14.8. The fourth-order valence-electron chi connectivity index (χ4n) is 3.51. The number of amides is 1. The second-order valence-electron chi connectivity index (χ2n) is 6.03. The summed E-state index contributed by atoms with van der Waals surface area (Å²) in [6.45, 7) is 0.855. The van der Waals surface area contributed by atoms with Crippen molar-refractivity contribution >= 4 is 17.5 Å². The number of aliphatic hydroxyl groups is 1. The molecule has 5 heteroatoms. The van der Waals surface area contributed by atoms with Gasteiger partial charge in [-0.25, -0.2) is 0 Å². The zero-order valence-corrected chi connectivity index (χ0v) is 12.7. The lowest BCUT2D eigenvalue weighted by Gasteiger charge is -2.44. The van der Waals surface area contributed by atoms with Crippen LogP contribution in [0.3, 0.4) is 0 Å². The number of aliphatic hydroxyl groups excluding tert-OH is 1. The number of fused-ring (bicyclic) bond motifs is 1. The number of hydrogen-bond donors (Lipinski definition) is 2. The minimum atomic E-state index is -0.614. The molecule has 3 rings (SSSR count). The topological polar surface area (TPSA) is 52.6 Å². The highest BCUT2D eigenvalue weighted by Crippen LogP contribution is 2.28. The van der Waals surface area contributed by atoms with Crippen LogP contribution in [0, 0.1) is 0 Å². The van der Waals surface area contributed by atoms with Gasteiger partial charge >= 0.3 is 0 Å². The highest BCUT2D eigenvalue weighted by atomic mass is 35.5. The molecule has 0 aromatic heterocycles. The molecule has 2 aliphatic rings. The van der Waals surface area contributed by atoms with E-state index in [0.717, 1.165) is 18.4 Å². The highest BCUT2D eigenvalue weighted by molar-refractivity contribution is 6.30. The van der Waals surface area contributed by atoms with Crippen molar-refractivity contribution in [2.75, 3.05) is 13.1 Å². The average molecular weight is 309 g/mol. The maximum Gasteiger partial charge on any atom is 0.234 e. The van der Waals surface area contributed by atoms with Crippen molar-refractivity contribution in [3.8, 4) is 0 Å². The van der Waals surface area contributed by atoms with Gasteiger partial charge in [0.05, 0.1) is 12.6 Å². The molecule has 0 spiro atoms. The second-order valence-corrected chi connectivity index (χ2v) is 6.46. The molecule has 2 fully saturated rings. The number of β-amino-alcohol motifs (C(OH)–C–C–N with tert-alkyl or cyclic N) is 1. The van der Waals surface area contributed by atoms with E-state index in [1.54, 1.807) is 12.1 Å². The largest absolute Gasteiger partial charge is 0.387 e. The lowest BCUT2D eigenvalue weighted by atomic mass is 9.87. The van der Waals surface area contributed by atoms with E-state index in [1.165, 1.54) is 12.8 Å². The minimum absolute atomic E-state index is 0.0662. The first-order chi connectivity index (χ1) is 10.1. The van der Waals surface area contributed by atoms with Crippen LogP contribution in [0.1, 0.15) is 37.4 Å². The summed E-state index contributed by atoms with van der Waals surface area (Å²) in [5.74, 6) is 0.0662. The lowest BCUT2D eigenvalue weighted by Crippen LogP contribution is -2.62. The Labute approximate surface area is 130 Å². The van der Waals surface area contributed by atoms with Gasteiger partial charge in [0.25, 0.3) is 0 Å². The van der Waals surface area contributed by atoms with E-state index < -0.39 is 6.10 Å². The number of hydrogen-bond acceptors (Lipinski definition) is 3. The van der Waals surface area contributed by atoms with Crippen molar-refractivity contribution in [3.63, 3.8) is 0 Å². The summed E-state index contributed by atoms with van der Waals surface area (Å²) in [7, 11) is 0. The number of benzene rings is 1. The first-order valence-electron chi connectivity index (χ1n) is 7.60. The van der Waals surface area contributed by atoms with Gasteiger partial charge in [0.15, 0.2) is 0 Å². The molecular weight excluding hydrogens is 288 g/mol. The van der Waals surface area contributed by atoms with Crippen LogP contribution in [0.4, 0.5) is 0 Å². The van der Waals surface area contributed by atoms with Gasteiger partial charge in [0, 0.05) is 23.7 Å². The van der Waals surface area contributed by atoms with Crippen LogP contribution in [-0.2, 0) is 4.79 Å². The summed E-state index contributed by atoms with van der Waals surface area (Å²) in [5.41, 5.74) is 0.806. The van der Waals surface area contributed by atoms with Gasteiger partial charge < -0.3 is 10.4 Å². The molecule has 1 aliphatic heterocycles. The molecule has 3 unspecified atom stereocenters. The Morgan fingerprint density at radius 2 is 2.19 bits per heavy atom. The Bertz CT molecular complexity index is 523. The second kappa shape index (κ2) is 6.34. The quantitative estimate of drug-likeness (QED) is 0.899. The van der Waals surface area contributed by atoms with E-state index >= 15 is 0 Å². The van der Waals surface area contributed by atoms with Gasteiger partial charge in [0.1, 0.15) is 0 Å². The summed E-state index contributed by atoms with van der Waals surface area (Å²) in [5, 5.41) is 14.2. The average Bonchev–Trinajstić information content (AvgIpc) is 2.47. The molecule has 4 nitrogen and oxygen atoms in total. The van der Waals surface area contributed by atoms with Crippen molar-refractivity contribution in [3.05, 3.63) is 34.9 Å². The van der Waals surface area contributed by atoms with E-state index in [0.29, 0.717) is 24.2 Å². The maximum absolute atomic E-state index is 11.8. The molecule has 1 aromatic carbocycles. The van der Waals surface area contributed by atoms with Crippen molar-refractivity contribution in [1.29, 1.82) is 0 Å². The molecule has 3 atom stereocenters. The summed E-state index contributed by atoms with van der Waals surface area (Å²) >= 11 is 5.98. The van der Waals surface area contributed by atoms with Crippen molar-refractivity contribution in [2.45, 2.75) is 43.9 Å². The summed E-state index contributed by atoms with van der Waals surface area (Å²) in [4.78, 5) is 14.0. The Kier molecular flexibility index (Phi) is 4.48. The fourth-order valence-corrected chi connectivity index (χ4v) is 3.71. The van der Waals surface area contributed by atoms with Crippen LogP contribution in [0.25, 0.3) is 0 Å². The summed E-state index contributed by atoms with van der Waals surface area (Å²) in [6, 6.07) is 7.89. The van der Waals surface area contributed by atoms with Gasteiger partial charge in [-0.3, -0.25) is 9.69 Å². The molecular formula is C16H21ClN2O2. The first kappa shape index (κ1) is 14.8. The molecule has 1 amide bonds. The van der Waals surface area contributed by atoms with Crippen molar-refractivity contribution < 1.29 is 9.90 Å². The van der Waals surface area contributed by atoms with E-state index in [4.69, 9.17) is 11.6 Å². The van der Waals surface area contributed by atoms with E-state index in [-0.39, 0.29) is 11.9 Å². The van der Waals surface area contributed by atoms with Crippen molar-refractivity contribution in [1.82, 2.24) is 10.2 Å². The summed E-state index contributed by atoms with van der Waals surface area (Å²) < 4.78 is 0. The van der Waals surface area contributed by atoms with Gasteiger partial charge in [-0.15, -0.1) is 0 Å². The predicted molar refractivity (Wildman–Crippen MR) is 82.2 cm³/mol. The Balaban J connectivity index is 1.71. The Morgan fingerprint density at radius 3 is 3.00 bits per heavy atom. The number of carbonyl (C=O) groups is 1. The Morgan fingerprint density at radius 1 is 1.38 bits per heavy atom. The third-order valence-electron chi connectivity index (χ3n) is 4.53. The SMILES string of the molecule is O=C1CN(CC(O)c2cccc(Cl)c2)C2CCCCC2N1. The summed E-state index contributed by atoms with van der Waals surface area (Å²) in [6.07, 6.45) is 3.89. The minimum Gasteiger partial charge on any atom is -0.387 e. The van der Waals surface area contributed by atoms with Crippen LogP contribution in [0.2, 0.25) is 5.02 Å². The lowest BCUT2D eigenvalue weighted by molar-refractivity contribution is -0.129. The maximum atomic E-state index is 11.8. The molecule has 2 N–H and O–H groups in total. The molecule has 1 heterocycles. The molecule has 0 radical (unpaired) electrons. The molecule has 1 saturated carbocycles. The van der Waals surface area contributed by atoms with Crippen molar-refractivity contribution in [2.24, 2.45) is 0 Å².